The summed E-state index contributed by atoms with van der Waals surface area (Å²) in [6.45, 7) is 8.89. The van der Waals surface area contributed by atoms with Crippen molar-refractivity contribution in [3.8, 4) is 5.75 Å². The molecule has 0 spiro atoms. The monoisotopic (exact) mass is 438 g/mol. The zero-order chi connectivity index (χ0) is 21.8. The number of nitrogens with zero attached hydrogens (tertiary/aromatic N) is 2. The number of nitrogens with two attached hydrogens (primary N) is 1. The van der Waals surface area contributed by atoms with Gasteiger partial charge in [0.05, 0.1) is 0 Å². The Morgan fingerprint density at radius 3 is 2.47 bits per heavy atom. The summed E-state index contributed by atoms with van der Waals surface area (Å²) >= 11 is 6.75. The number of amidine groups is 1. The van der Waals surface area contributed by atoms with Crippen LogP contribution in [0, 0.1) is 33.1 Å². The summed E-state index contributed by atoms with van der Waals surface area (Å²) in [5.41, 5.74) is 12.5. The number of nitrogens with one attached hydrogen (secondary N) is 1. The lowest BCUT2D eigenvalue weighted by Crippen LogP contribution is -2.17. The Kier molecular flexibility index (Phi) is 6.84. The third-order valence-electron chi connectivity index (χ3n) is 5.01. The molecule has 3 aromatic rings. The van der Waals surface area contributed by atoms with Crippen LogP contribution in [0.25, 0.3) is 0 Å². The van der Waals surface area contributed by atoms with Crippen molar-refractivity contribution in [2.24, 2.45) is 10.7 Å². The highest BCUT2D eigenvalue weighted by Gasteiger charge is 2.10. The Hall–Kier alpha value is -2.77. The number of rotatable bonds is 5. The van der Waals surface area contributed by atoms with Gasteiger partial charge in [-0.2, -0.15) is 4.99 Å². The first kappa shape index (κ1) is 21.9. The van der Waals surface area contributed by atoms with Crippen LogP contribution < -0.4 is 15.3 Å². The van der Waals surface area contributed by atoms with Gasteiger partial charge in [-0.3, -0.25) is 5.41 Å². The Labute approximate surface area is 186 Å². The van der Waals surface area contributed by atoms with Gasteiger partial charge < -0.3 is 15.0 Å². The molecule has 0 unspecified atom stereocenters. The average molecular weight is 439 g/mol. The number of thiazole rings is 1. The molecule has 0 bridgehead atoms. The molecule has 3 rings (SSSR count). The van der Waals surface area contributed by atoms with Gasteiger partial charge in [0.1, 0.15) is 11.6 Å². The number of benzene rings is 2. The minimum absolute atomic E-state index is 0.0895. The first-order valence-electron chi connectivity index (χ1n) is 9.67. The molecule has 0 atom stereocenters. The average Bonchev–Trinajstić information content (AvgIpc) is 3.01. The van der Waals surface area contributed by atoms with E-state index in [1.54, 1.807) is 0 Å². The van der Waals surface area contributed by atoms with Gasteiger partial charge in [-0.1, -0.05) is 35.9 Å². The van der Waals surface area contributed by atoms with Crippen LogP contribution in [0.3, 0.4) is 0 Å². The minimum Gasteiger partial charge on any atom is -0.430 e. The van der Waals surface area contributed by atoms with Crippen LogP contribution in [0.2, 0.25) is 0 Å². The maximum absolute atomic E-state index is 8.02. The molecule has 5 nitrogen and oxygen atoms in total. The van der Waals surface area contributed by atoms with Gasteiger partial charge >= 0.3 is 0 Å². The molecule has 30 heavy (non-hydrogen) atoms. The van der Waals surface area contributed by atoms with E-state index in [2.05, 4.69) is 18.0 Å². The number of aliphatic imine (C=N–C) groups is 1. The zero-order valence-corrected chi connectivity index (χ0v) is 19.3. The fraction of sp³-hybridized carbons (Fsp3) is 0.261. The second kappa shape index (κ2) is 9.36. The summed E-state index contributed by atoms with van der Waals surface area (Å²) in [7, 11) is 0. The number of ether oxygens (including phenoxy) is 1. The first-order chi connectivity index (χ1) is 14.2. The quantitative estimate of drug-likeness (QED) is 0.348. The zero-order valence-electron chi connectivity index (χ0n) is 17.7. The highest BCUT2D eigenvalue weighted by molar-refractivity contribution is 7.80. The van der Waals surface area contributed by atoms with E-state index in [1.165, 1.54) is 16.9 Å². The second-order valence-electron chi connectivity index (χ2n) is 7.36. The topological polar surface area (TPSA) is 76.4 Å². The molecule has 2 aromatic carbocycles. The summed E-state index contributed by atoms with van der Waals surface area (Å²) in [6, 6.07) is 11.9. The van der Waals surface area contributed by atoms with E-state index in [0.29, 0.717) is 16.4 Å². The molecule has 0 aliphatic rings. The molecular weight excluding hydrogens is 412 g/mol. The van der Waals surface area contributed by atoms with Crippen LogP contribution in [-0.2, 0) is 13.0 Å². The number of thiocarbonyl (C=S) groups is 1. The molecule has 0 aliphatic carbocycles. The van der Waals surface area contributed by atoms with Crippen LogP contribution in [0.15, 0.2) is 46.8 Å². The maximum atomic E-state index is 8.02. The maximum Gasteiger partial charge on any atom is 0.290 e. The van der Waals surface area contributed by atoms with E-state index in [4.69, 9.17) is 28.1 Å². The van der Waals surface area contributed by atoms with Crippen molar-refractivity contribution < 1.29 is 4.74 Å². The number of hydrogen-bond acceptors (Lipinski definition) is 4. The largest absolute Gasteiger partial charge is 0.430 e. The van der Waals surface area contributed by atoms with Crippen LogP contribution in [-0.4, -0.2) is 15.6 Å². The Bertz CT molecular complexity index is 1160. The van der Waals surface area contributed by atoms with E-state index in [1.807, 2.05) is 61.1 Å². The Morgan fingerprint density at radius 2 is 1.83 bits per heavy atom. The van der Waals surface area contributed by atoms with Crippen molar-refractivity contribution in [1.29, 1.82) is 5.41 Å². The van der Waals surface area contributed by atoms with Gasteiger partial charge in [0.2, 0.25) is 0 Å². The van der Waals surface area contributed by atoms with Gasteiger partial charge in [0.15, 0.2) is 4.80 Å². The van der Waals surface area contributed by atoms with Crippen LogP contribution in [0.1, 0.15) is 33.5 Å². The number of hydrogen-bond donors (Lipinski definition) is 2. The Morgan fingerprint density at radius 1 is 1.13 bits per heavy atom. The van der Waals surface area contributed by atoms with E-state index in [9.17, 15) is 0 Å². The van der Waals surface area contributed by atoms with Crippen LogP contribution >= 0.6 is 23.6 Å². The molecule has 0 amide bonds. The van der Waals surface area contributed by atoms with Gasteiger partial charge in [-0.25, -0.2) is 0 Å². The minimum atomic E-state index is 0.0895. The van der Waals surface area contributed by atoms with Crippen LogP contribution in [0.5, 0.6) is 5.75 Å². The normalized spacial score (nSPS) is 11.5. The summed E-state index contributed by atoms with van der Waals surface area (Å²) < 4.78 is 7.85. The third-order valence-corrected chi connectivity index (χ3v) is 6.08. The molecule has 0 saturated carbocycles. The van der Waals surface area contributed by atoms with Crippen LogP contribution in [0.4, 0.5) is 0 Å². The molecule has 7 heteroatoms. The van der Waals surface area contributed by atoms with E-state index < -0.39 is 0 Å². The summed E-state index contributed by atoms with van der Waals surface area (Å²) in [4.78, 5) is 4.82. The highest BCUT2D eigenvalue weighted by Crippen LogP contribution is 2.24. The highest BCUT2D eigenvalue weighted by atomic mass is 32.1. The summed E-state index contributed by atoms with van der Waals surface area (Å²) in [5, 5.41) is 10.1. The second-order valence-corrected chi connectivity index (χ2v) is 8.57. The lowest BCUT2D eigenvalue weighted by Gasteiger charge is -2.13. The SMILES string of the molecule is Cc1ccc(C(N)=NC(=S)Oc2cc(C)c(CCn3c(C)csc3=N)cc2C)cc1. The van der Waals surface area contributed by atoms with Gasteiger partial charge in [-0.15, -0.1) is 11.3 Å². The van der Waals surface area contributed by atoms with E-state index in [0.717, 1.165) is 40.9 Å². The van der Waals surface area contributed by atoms with Gasteiger partial charge in [0, 0.05) is 23.2 Å². The van der Waals surface area contributed by atoms with E-state index >= 15 is 0 Å². The molecule has 1 aromatic heterocycles. The van der Waals surface area contributed by atoms with Crippen molar-refractivity contribution in [2.75, 3.05) is 0 Å². The summed E-state index contributed by atoms with van der Waals surface area (Å²) in [5.74, 6) is 1.02. The molecule has 0 saturated heterocycles. The molecule has 156 valence electrons. The molecular formula is C23H26N4OS2. The molecule has 0 aliphatic heterocycles. The lowest BCUT2D eigenvalue weighted by atomic mass is 10.0. The van der Waals surface area contributed by atoms with Crippen molar-refractivity contribution in [3.63, 3.8) is 0 Å². The fourth-order valence-corrected chi connectivity index (χ4v) is 4.13. The Balaban J connectivity index is 1.71. The number of aryl methyl sites for hydroxylation is 5. The lowest BCUT2D eigenvalue weighted by molar-refractivity contribution is 0.551. The molecule has 1 heterocycles. The standard InChI is InChI=1S/C23H26N4OS2/c1-14-5-7-18(8-6-14)21(24)26-23(29)28-20-12-15(2)19(11-16(20)3)9-10-27-17(4)13-30-22(27)25/h5-8,11-13,25H,9-10H2,1-4H3,(H2,24,26,29). The number of aromatic nitrogens is 1. The summed E-state index contributed by atoms with van der Waals surface area (Å²) in [6.07, 6.45) is 0.851. The van der Waals surface area contributed by atoms with E-state index in [-0.39, 0.29) is 5.17 Å². The van der Waals surface area contributed by atoms with Crippen molar-refractivity contribution in [1.82, 2.24) is 4.57 Å². The first-order valence-corrected chi connectivity index (χ1v) is 11.0. The fourth-order valence-electron chi connectivity index (χ4n) is 3.17. The smallest absolute Gasteiger partial charge is 0.290 e. The third kappa shape index (κ3) is 5.23. The van der Waals surface area contributed by atoms with Crippen molar-refractivity contribution >= 4 is 34.6 Å². The molecule has 0 radical (unpaired) electrons. The predicted octanol–water partition coefficient (Wildman–Crippen LogP) is 4.57. The molecule has 3 N–H and O–H groups in total. The van der Waals surface area contributed by atoms with Gasteiger partial charge in [-0.05, 0) is 69.1 Å². The van der Waals surface area contributed by atoms with Crippen molar-refractivity contribution in [3.05, 3.63) is 80.1 Å². The van der Waals surface area contributed by atoms with Crippen molar-refractivity contribution in [2.45, 2.75) is 40.7 Å². The predicted molar refractivity (Wildman–Crippen MR) is 128 cm³/mol. The molecule has 0 fully saturated rings. The van der Waals surface area contributed by atoms with Gasteiger partial charge in [0.25, 0.3) is 5.17 Å².